The van der Waals surface area contributed by atoms with Crippen molar-refractivity contribution >= 4 is 196 Å². The molecule has 21 aromatic rings. The van der Waals surface area contributed by atoms with Gasteiger partial charge < -0.3 is 13.5 Å². The molecule has 1 saturated heterocycles. The number of hydrogen-bond donors (Lipinski definition) is 0. The normalized spacial score (nSPS) is 15.2. The van der Waals surface area contributed by atoms with E-state index in [9.17, 15) is 21.6 Å². The Labute approximate surface area is 741 Å². The lowest BCUT2D eigenvalue weighted by molar-refractivity contribution is -0.0500. The van der Waals surface area contributed by atoms with Gasteiger partial charge in [0, 0.05) is 51.2 Å². The van der Waals surface area contributed by atoms with E-state index in [1.807, 2.05) is 71.2 Å². The summed E-state index contributed by atoms with van der Waals surface area (Å²) < 4.78 is 83.2. The van der Waals surface area contributed by atoms with Crippen LogP contribution in [0.15, 0.2) is 346 Å². The molecule has 3 aliphatic rings. The molecule has 0 spiro atoms. The SMILES string of the molecule is CC1(C)OB(c2ccc3c4ccccc4c4cccc5sc2c3c54)OC1(C)C.O=S(=O)(Oc1cccc(-c2ccc3c4ccccc4c4ccccc4c3c2)c1)C(F)(F)F.c1cc(-c2ccc3c4ccccc4c4ccccc4c3c2)cc(-c2cc3c4ccccc4sc3c3ccccc23)c1.c1ccc(-c2ccccc2P(C2CCCCC2)C2CCCCC2)cc1. The molecule has 2 aliphatic carbocycles. The van der Waals surface area contributed by atoms with Gasteiger partial charge in [0.25, 0.3) is 0 Å². The van der Waals surface area contributed by atoms with E-state index in [0.29, 0.717) is 5.56 Å². The van der Waals surface area contributed by atoms with E-state index in [2.05, 4.69) is 305 Å². The van der Waals surface area contributed by atoms with Gasteiger partial charge in [0.1, 0.15) is 5.75 Å². The number of thiophene rings is 2. The Morgan fingerprint density at radius 3 is 1.26 bits per heavy atom. The highest BCUT2D eigenvalue weighted by atomic mass is 32.2. The highest BCUT2D eigenvalue weighted by Gasteiger charge is 2.53. The van der Waals surface area contributed by atoms with Crippen LogP contribution in [0.4, 0.5) is 13.2 Å². The minimum Gasteiger partial charge on any atom is -0.399 e. The van der Waals surface area contributed by atoms with Crippen LogP contribution in [0.3, 0.4) is 0 Å². The molecule has 0 atom stereocenters. The molecule has 0 N–H and O–H groups in total. The molecule has 2 aromatic heterocycles. The summed E-state index contributed by atoms with van der Waals surface area (Å²) in [6.07, 6.45) is 14.7. The number of hydrogen-bond acceptors (Lipinski definition) is 7. The summed E-state index contributed by atoms with van der Waals surface area (Å²) in [5, 5.41) is 29.3. The highest BCUT2D eigenvalue weighted by Crippen LogP contribution is 2.57. The van der Waals surface area contributed by atoms with E-state index >= 15 is 0 Å². The molecular formula is C113H91BF3O5PS3. The fourth-order valence-electron chi connectivity index (χ4n) is 20.2. The maximum atomic E-state index is 12.7. The monoisotopic (exact) mass is 1720 g/mol. The van der Waals surface area contributed by atoms with Crippen LogP contribution in [0.5, 0.6) is 5.75 Å². The fraction of sp³-hybridized carbons (Fsp3) is 0.168. The van der Waals surface area contributed by atoms with Gasteiger partial charge in [0.15, 0.2) is 0 Å². The van der Waals surface area contributed by atoms with Gasteiger partial charge in [-0.25, -0.2) is 0 Å². The first-order chi connectivity index (χ1) is 61.4. The first-order valence-corrected chi connectivity index (χ1v) is 48.5. The van der Waals surface area contributed by atoms with Crippen molar-refractivity contribution < 1.29 is 35.1 Å². The van der Waals surface area contributed by atoms with E-state index < -0.39 is 21.4 Å². The number of halogens is 3. The van der Waals surface area contributed by atoms with Crippen LogP contribution < -0.4 is 15.0 Å². The van der Waals surface area contributed by atoms with Gasteiger partial charge in [0.2, 0.25) is 0 Å². The molecule has 24 rings (SSSR count). The molecule has 0 amide bonds. The van der Waals surface area contributed by atoms with E-state index in [0.717, 1.165) is 54.7 Å². The average Bonchev–Trinajstić information content (AvgIpc) is 1.52. The number of alkyl halides is 3. The lowest BCUT2D eigenvalue weighted by Crippen LogP contribution is -2.41. The maximum absolute atomic E-state index is 12.7. The van der Waals surface area contributed by atoms with E-state index in [1.54, 1.807) is 11.4 Å². The van der Waals surface area contributed by atoms with Crippen LogP contribution >= 0.6 is 30.6 Å². The second-order valence-electron chi connectivity index (χ2n) is 34.9. The van der Waals surface area contributed by atoms with E-state index in [4.69, 9.17) is 9.31 Å². The summed E-state index contributed by atoms with van der Waals surface area (Å²) >= 11 is 3.75. The summed E-state index contributed by atoms with van der Waals surface area (Å²) in [6.45, 7) is 8.45. The van der Waals surface area contributed by atoms with Crippen molar-refractivity contribution in [1.82, 2.24) is 0 Å². The number of fused-ring (bicyclic) bond motifs is 20. The largest absolute Gasteiger partial charge is 0.534 e. The Morgan fingerprint density at radius 1 is 0.325 bits per heavy atom. The third-order valence-corrected chi connectivity index (χ3v) is 33.9. The second kappa shape index (κ2) is 33.2. The predicted molar refractivity (Wildman–Crippen MR) is 534 cm³/mol. The Balaban J connectivity index is 0.000000104. The van der Waals surface area contributed by atoms with Crippen molar-refractivity contribution in [3.63, 3.8) is 0 Å². The van der Waals surface area contributed by atoms with Crippen molar-refractivity contribution in [1.29, 1.82) is 0 Å². The fourth-order valence-corrected chi connectivity index (χ4v) is 27.1. The molecule has 3 heterocycles. The summed E-state index contributed by atoms with van der Waals surface area (Å²) in [6, 6.07) is 122. The first kappa shape index (κ1) is 81.2. The molecule has 0 radical (unpaired) electrons. The molecule has 620 valence electrons. The van der Waals surface area contributed by atoms with Crippen LogP contribution in [0.25, 0.3) is 182 Å². The first-order valence-electron chi connectivity index (χ1n) is 44.0. The second-order valence-corrected chi connectivity index (χ2v) is 41.3. The molecule has 2 saturated carbocycles. The van der Waals surface area contributed by atoms with Crippen LogP contribution in [0, 0.1) is 0 Å². The minimum atomic E-state index is -5.74. The zero-order valence-electron chi connectivity index (χ0n) is 70.6. The van der Waals surface area contributed by atoms with E-state index in [-0.39, 0.29) is 26.2 Å². The molecular weight excluding hydrogens is 1630 g/mol. The van der Waals surface area contributed by atoms with Gasteiger partial charge in [-0.15, -0.1) is 22.7 Å². The topological polar surface area (TPSA) is 61.8 Å². The van der Waals surface area contributed by atoms with Gasteiger partial charge in [-0.3, -0.25) is 0 Å². The van der Waals surface area contributed by atoms with Crippen molar-refractivity contribution in [3.8, 4) is 50.3 Å². The highest BCUT2D eigenvalue weighted by molar-refractivity contribution is 7.88. The zero-order valence-corrected chi connectivity index (χ0v) is 73.9. The van der Waals surface area contributed by atoms with E-state index in [1.165, 1.54) is 221 Å². The standard InChI is InChI=1S/C40H24S.C25H15F3O3S.C24H21BO2S.C24H31P/c1-2-14-30-28(12-1)29-13-3-4-15-31(29)37-23-26(20-21-33(30)37)25-10-9-11-27(22-25)36-24-38-34-17-7-8-19-39(34)41-40(38)35-18-6-5-16-32(35)36;26-25(27,28)32(29,30)31-18-7-5-6-16(14-18)17-12-13-23-21-10-2-1-8-19(21)20-9-3-4-11-22(20)24(23)15-17;1-23(2)24(3,4)27-25(26-23)18-13-12-17-15-9-6-5-8-14(15)16-10-7-11-19-20(16)21(17)22(18)28-19;1-4-12-20(13-5-1)23-18-10-11-19-24(23)25(21-14-6-2-7-15-21)22-16-8-3-9-17-22/h1-24H;1-15H;5-13H,1-4H3;1,4-5,10-13,18-19,21-22H,2-3,6-9,14-17H2. The Bertz CT molecular complexity index is 7800. The molecule has 126 heavy (non-hydrogen) atoms. The molecule has 3 fully saturated rings. The quantitative estimate of drug-likeness (QED) is 0.0449. The molecule has 0 unspecified atom stereocenters. The van der Waals surface area contributed by atoms with Crippen molar-refractivity contribution in [2.45, 2.75) is 120 Å². The third-order valence-electron chi connectivity index (χ3n) is 26.9. The molecule has 1 aliphatic heterocycles. The lowest BCUT2D eigenvalue weighted by Gasteiger charge is -2.39. The van der Waals surface area contributed by atoms with Gasteiger partial charge in [-0.2, -0.15) is 21.6 Å². The molecule has 5 nitrogen and oxygen atoms in total. The summed E-state index contributed by atoms with van der Waals surface area (Å²) in [4.78, 5) is 0. The Hall–Kier alpha value is -11.8. The van der Waals surface area contributed by atoms with Crippen molar-refractivity contribution in [2.24, 2.45) is 0 Å². The summed E-state index contributed by atoms with van der Waals surface area (Å²) in [7, 11) is -6.11. The zero-order chi connectivity index (χ0) is 85.6. The van der Waals surface area contributed by atoms with Crippen LogP contribution in [-0.4, -0.2) is 43.6 Å². The Morgan fingerprint density at radius 2 is 0.714 bits per heavy atom. The van der Waals surface area contributed by atoms with Crippen molar-refractivity contribution in [2.75, 3.05) is 0 Å². The predicted octanol–water partition coefficient (Wildman–Crippen LogP) is 32.3. The van der Waals surface area contributed by atoms with Gasteiger partial charge in [-0.05, 0) is 255 Å². The lowest BCUT2D eigenvalue weighted by atomic mass is 9.77. The third kappa shape index (κ3) is 14.8. The van der Waals surface area contributed by atoms with Crippen LogP contribution in [0.1, 0.15) is 91.9 Å². The molecule has 19 aromatic carbocycles. The molecule has 0 bridgehead atoms. The average molecular weight is 1720 g/mol. The van der Waals surface area contributed by atoms with Gasteiger partial charge >= 0.3 is 22.7 Å². The van der Waals surface area contributed by atoms with Gasteiger partial charge in [-0.1, -0.05) is 344 Å². The van der Waals surface area contributed by atoms with Crippen LogP contribution in [-0.2, 0) is 19.4 Å². The minimum absolute atomic E-state index is 0.0365. The number of benzene rings is 19. The molecule has 13 heteroatoms. The Kier molecular flexibility index (Phi) is 21.4. The number of rotatable bonds is 10. The summed E-state index contributed by atoms with van der Waals surface area (Å²) in [5.41, 5.74) is 6.13. The van der Waals surface area contributed by atoms with Crippen LogP contribution in [0.2, 0.25) is 0 Å². The smallest absolute Gasteiger partial charge is 0.399 e. The maximum Gasteiger partial charge on any atom is 0.534 e. The van der Waals surface area contributed by atoms with Crippen molar-refractivity contribution in [3.05, 3.63) is 346 Å². The summed E-state index contributed by atoms with van der Waals surface area (Å²) in [5.74, 6) is -0.400. The van der Waals surface area contributed by atoms with Gasteiger partial charge in [0.05, 0.1) is 11.2 Å².